The summed E-state index contributed by atoms with van der Waals surface area (Å²) in [5, 5.41) is 2.51. The summed E-state index contributed by atoms with van der Waals surface area (Å²) in [4.78, 5) is 19.7. The molecule has 92 valence electrons. The van der Waals surface area contributed by atoms with Crippen LogP contribution in [0.4, 0.5) is 15.9 Å². The van der Waals surface area contributed by atoms with E-state index in [1.54, 1.807) is 6.92 Å². The van der Waals surface area contributed by atoms with E-state index in [2.05, 4.69) is 15.3 Å². The molecule has 3 N–H and O–H groups in total. The zero-order chi connectivity index (χ0) is 13.1. The van der Waals surface area contributed by atoms with Crippen molar-refractivity contribution in [2.24, 2.45) is 0 Å². The summed E-state index contributed by atoms with van der Waals surface area (Å²) in [7, 11) is 0. The lowest BCUT2D eigenvalue weighted by Crippen LogP contribution is -2.13. The summed E-state index contributed by atoms with van der Waals surface area (Å²) in [6, 6.07) is 3.85. The predicted molar refractivity (Wildman–Crippen MR) is 65.5 cm³/mol. The fraction of sp³-hybridized carbons (Fsp3) is 0.0833. The smallest absolute Gasteiger partial charge is 0.256 e. The normalized spacial score (nSPS) is 10.1. The molecule has 0 aliphatic heterocycles. The Hall–Kier alpha value is -2.50. The molecule has 0 bridgehead atoms. The molecule has 2 aromatic rings. The van der Waals surface area contributed by atoms with Gasteiger partial charge in [0.15, 0.2) is 5.82 Å². The Labute approximate surface area is 103 Å². The quantitative estimate of drug-likeness (QED) is 0.791. The van der Waals surface area contributed by atoms with Gasteiger partial charge in [0.25, 0.3) is 5.91 Å². The fourth-order valence-corrected chi connectivity index (χ4v) is 1.31. The number of nitrogens with one attached hydrogen (secondary N) is 1. The first-order valence-corrected chi connectivity index (χ1v) is 5.21. The second-order valence-corrected chi connectivity index (χ2v) is 3.73. The van der Waals surface area contributed by atoms with E-state index >= 15 is 0 Å². The number of hydrogen-bond acceptors (Lipinski definition) is 4. The first-order valence-electron chi connectivity index (χ1n) is 5.21. The van der Waals surface area contributed by atoms with Gasteiger partial charge in [0, 0.05) is 5.56 Å². The number of halogens is 1. The minimum atomic E-state index is -0.627. The highest BCUT2D eigenvalue weighted by Crippen LogP contribution is 2.13. The largest absolute Gasteiger partial charge is 0.396 e. The van der Waals surface area contributed by atoms with Crippen LogP contribution in [0.2, 0.25) is 0 Å². The highest BCUT2D eigenvalue weighted by Gasteiger charge is 2.09. The molecule has 2 rings (SSSR count). The van der Waals surface area contributed by atoms with Crippen LogP contribution >= 0.6 is 0 Å². The minimum Gasteiger partial charge on any atom is -0.396 e. The van der Waals surface area contributed by atoms with Crippen molar-refractivity contribution in [3.05, 3.63) is 47.7 Å². The summed E-state index contributed by atoms with van der Waals surface area (Å²) >= 11 is 0. The number of nitrogen functional groups attached to an aromatic ring is 1. The monoisotopic (exact) mass is 246 g/mol. The molecule has 0 unspecified atom stereocenters. The van der Waals surface area contributed by atoms with Crippen LogP contribution in [0.5, 0.6) is 0 Å². The van der Waals surface area contributed by atoms with E-state index in [1.807, 2.05) is 0 Å². The van der Waals surface area contributed by atoms with Crippen molar-refractivity contribution in [3.63, 3.8) is 0 Å². The number of aromatic nitrogens is 2. The standard InChI is InChI=1S/C12H11FN4O/c1-7-5-16-11(6-15-7)17-12(18)8-2-3-10(14)9(13)4-8/h2-6H,14H2,1H3,(H,16,17,18). The van der Waals surface area contributed by atoms with Gasteiger partial charge in [-0.15, -0.1) is 0 Å². The third-order valence-corrected chi connectivity index (χ3v) is 2.29. The lowest BCUT2D eigenvalue weighted by molar-refractivity contribution is 0.102. The van der Waals surface area contributed by atoms with Crippen LogP contribution in [0, 0.1) is 12.7 Å². The maximum atomic E-state index is 13.2. The van der Waals surface area contributed by atoms with Crippen molar-refractivity contribution in [2.75, 3.05) is 11.1 Å². The summed E-state index contributed by atoms with van der Waals surface area (Å²) < 4.78 is 13.2. The number of amides is 1. The van der Waals surface area contributed by atoms with Crippen molar-refractivity contribution in [3.8, 4) is 0 Å². The van der Waals surface area contributed by atoms with Gasteiger partial charge in [-0.25, -0.2) is 9.37 Å². The molecular formula is C12H11FN4O. The molecule has 6 heteroatoms. The molecule has 1 aromatic carbocycles. The van der Waals surface area contributed by atoms with E-state index in [4.69, 9.17) is 5.73 Å². The average molecular weight is 246 g/mol. The Kier molecular flexibility index (Phi) is 3.18. The van der Waals surface area contributed by atoms with Crippen LogP contribution in [0.1, 0.15) is 16.1 Å². The average Bonchev–Trinajstić information content (AvgIpc) is 2.35. The molecule has 0 spiro atoms. The van der Waals surface area contributed by atoms with Gasteiger partial charge in [0.1, 0.15) is 5.82 Å². The molecule has 0 radical (unpaired) electrons. The van der Waals surface area contributed by atoms with Gasteiger partial charge in [-0.2, -0.15) is 0 Å². The Morgan fingerprint density at radius 3 is 2.72 bits per heavy atom. The molecule has 18 heavy (non-hydrogen) atoms. The van der Waals surface area contributed by atoms with Crippen LogP contribution in [-0.2, 0) is 0 Å². The van der Waals surface area contributed by atoms with Crippen LogP contribution in [0.25, 0.3) is 0 Å². The van der Waals surface area contributed by atoms with Crippen LogP contribution < -0.4 is 11.1 Å². The first-order chi connectivity index (χ1) is 8.56. The van der Waals surface area contributed by atoms with Crippen molar-refractivity contribution in [2.45, 2.75) is 6.92 Å². The summed E-state index contributed by atoms with van der Waals surface area (Å²) in [5.41, 5.74) is 6.24. The predicted octanol–water partition coefficient (Wildman–Crippen LogP) is 1.76. The molecule has 1 aromatic heterocycles. The lowest BCUT2D eigenvalue weighted by Gasteiger charge is -2.05. The highest BCUT2D eigenvalue weighted by molar-refractivity contribution is 6.03. The number of anilines is 2. The Morgan fingerprint density at radius 1 is 1.33 bits per heavy atom. The lowest BCUT2D eigenvalue weighted by atomic mass is 10.2. The van der Waals surface area contributed by atoms with Crippen LogP contribution in [-0.4, -0.2) is 15.9 Å². The van der Waals surface area contributed by atoms with E-state index in [1.165, 1.54) is 24.5 Å². The molecule has 0 saturated heterocycles. The van der Waals surface area contributed by atoms with Gasteiger partial charge < -0.3 is 11.1 Å². The molecule has 5 nitrogen and oxygen atoms in total. The topological polar surface area (TPSA) is 80.9 Å². The molecular weight excluding hydrogens is 235 g/mol. The SMILES string of the molecule is Cc1cnc(NC(=O)c2ccc(N)c(F)c2)cn1. The first kappa shape index (κ1) is 12.0. The Balaban J connectivity index is 2.16. The molecule has 0 saturated carbocycles. The Morgan fingerprint density at radius 2 is 2.11 bits per heavy atom. The maximum absolute atomic E-state index is 13.2. The van der Waals surface area contributed by atoms with Gasteiger partial charge >= 0.3 is 0 Å². The number of aryl methyl sites for hydroxylation is 1. The summed E-state index contributed by atoms with van der Waals surface area (Å²) in [6.07, 6.45) is 2.96. The van der Waals surface area contributed by atoms with Crippen molar-refractivity contribution in [1.29, 1.82) is 0 Å². The number of carbonyl (C=O) groups excluding carboxylic acids is 1. The van der Waals surface area contributed by atoms with Crippen molar-refractivity contribution < 1.29 is 9.18 Å². The van der Waals surface area contributed by atoms with Crippen LogP contribution in [0.15, 0.2) is 30.6 Å². The molecule has 0 aliphatic rings. The second kappa shape index (κ2) is 4.79. The molecule has 1 heterocycles. The number of hydrogen-bond donors (Lipinski definition) is 2. The number of rotatable bonds is 2. The number of benzene rings is 1. The third-order valence-electron chi connectivity index (χ3n) is 2.29. The minimum absolute atomic E-state index is 0.00155. The van der Waals surface area contributed by atoms with Gasteiger partial charge in [-0.3, -0.25) is 9.78 Å². The summed E-state index contributed by atoms with van der Waals surface area (Å²) in [6.45, 7) is 1.79. The van der Waals surface area contributed by atoms with Gasteiger partial charge in [-0.05, 0) is 25.1 Å². The molecule has 0 fully saturated rings. The van der Waals surface area contributed by atoms with E-state index < -0.39 is 11.7 Å². The molecule has 0 aliphatic carbocycles. The number of nitrogens with zero attached hydrogens (tertiary/aromatic N) is 2. The molecule has 0 atom stereocenters. The Bertz CT molecular complexity index is 583. The van der Waals surface area contributed by atoms with E-state index in [0.717, 1.165) is 11.8 Å². The summed E-state index contributed by atoms with van der Waals surface area (Å²) in [5.74, 6) is -0.785. The number of nitrogens with two attached hydrogens (primary N) is 1. The van der Waals surface area contributed by atoms with Crippen LogP contribution in [0.3, 0.4) is 0 Å². The highest BCUT2D eigenvalue weighted by atomic mass is 19.1. The van der Waals surface area contributed by atoms with E-state index in [9.17, 15) is 9.18 Å². The zero-order valence-electron chi connectivity index (χ0n) is 9.64. The molecule has 1 amide bonds. The fourth-order valence-electron chi connectivity index (χ4n) is 1.31. The van der Waals surface area contributed by atoms with Gasteiger partial charge in [-0.1, -0.05) is 0 Å². The van der Waals surface area contributed by atoms with Gasteiger partial charge in [0.2, 0.25) is 0 Å². The van der Waals surface area contributed by atoms with Gasteiger partial charge in [0.05, 0.1) is 23.8 Å². The second-order valence-electron chi connectivity index (χ2n) is 3.73. The maximum Gasteiger partial charge on any atom is 0.256 e. The number of carbonyl (C=O) groups is 1. The van der Waals surface area contributed by atoms with Crippen molar-refractivity contribution in [1.82, 2.24) is 9.97 Å². The third kappa shape index (κ3) is 2.60. The van der Waals surface area contributed by atoms with Crippen molar-refractivity contribution >= 4 is 17.4 Å². The van der Waals surface area contributed by atoms with E-state index in [0.29, 0.717) is 5.82 Å². The zero-order valence-corrected chi connectivity index (χ0v) is 9.64. The van der Waals surface area contributed by atoms with E-state index in [-0.39, 0.29) is 11.3 Å².